The van der Waals surface area contributed by atoms with E-state index in [-0.39, 0.29) is 22.5 Å². The summed E-state index contributed by atoms with van der Waals surface area (Å²) in [6.45, 7) is 1.18. The third kappa shape index (κ3) is 4.65. The number of hydrogen-bond donors (Lipinski definition) is 3. The van der Waals surface area contributed by atoms with E-state index in [1.54, 1.807) is 0 Å². The predicted molar refractivity (Wildman–Crippen MR) is 123 cm³/mol. The van der Waals surface area contributed by atoms with Crippen molar-refractivity contribution in [3.8, 4) is 11.1 Å². The second-order valence-corrected chi connectivity index (χ2v) is 7.80. The molecule has 4 aromatic rings. The maximum Gasteiger partial charge on any atom is 0.327 e. The van der Waals surface area contributed by atoms with Crippen LogP contribution in [0.2, 0.25) is 0 Å². The molecule has 0 atom stereocenters. The number of rotatable bonds is 6. The minimum absolute atomic E-state index is 0.137. The van der Waals surface area contributed by atoms with Gasteiger partial charge in [-0.15, -0.1) is 0 Å². The van der Waals surface area contributed by atoms with Gasteiger partial charge < -0.3 is 10.2 Å². The number of carbonyl (C=O) groups excluding carboxylic acids is 1. The zero-order valence-corrected chi connectivity index (χ0v) is 17.8. The zero-order chi connectivity index (χ0) is 22.7. The molecule has 2 aromatic heterocycles. The maximum absolute atomic E-state index is 12.7. The van der Waals surface area contributed by atoms with Crippen molar-refractivity contribution in [2.24, 2.45) is 0 Å². The van der Waals surface area contributed by atoms with Gasteiger partial charge in [-0.1, -0.05) is 48.5 Å². The molecule has 3 N–H and O–H groups in total. The van der Waals surface area contributed by atoms with Crippen molar-refractivity contribution in [2.75, 3.05) is 14.1 Å². The molecule has 0 bridgehead atoms. The molecule has 32 heavy (non-hydrogen) atoms. The molecular formula is C24H23N5O3. The normalized spacial score (nSPS) is 11.1. The zero-order valence-electron chi connectivity index (χ0n) is 17.8. The molecule has 8 heteroatoms. The van der Waals surface area contributed by atoms with Crippen LogP contribution in [0, 0.1) is 0 Å². The molecule has 0 spiro atoms. The number of carbonyl (C=O) groups is 1. The number of aromatic nitrogens is 3. The lowest BCUT2D eigenvalue weighted by atomic mass is 9.98. The van der Waals surface area contributed by atoms with Crippen LogP contribution in [0.1, 0.15) is 21.5 Å². The van der Waals surface area contributed by atoms with Crippen LogP contribution in [0.4, 0.5) is 0 Å². The minimum Gasteiger partial charge on any atom is -0.348 e. The topological polar surface area (TPSA) is 111 Å². The lowest BCUT2D eigenvalue weighted by Crippen LogP contribution is -2.25. The van der Waals surface area contributed by atoms with Crippen molar-refractivity contribution >= 4 is 16.9 Å². The van der Waals surface area contributed by atoms with Gasteiger partial charge in [0.2, 0.25) is 0 Å². The van der Waals surface area contributed by atoms with Gasteiger partial charge in [0.1, 0.15) is 5.65 Å². The number of nitrogens with zero attached hydrogens (tertiary/aromatic N) is 2. The number of nitrogens with one attached hydrogen (secondary N) is 3. The van der Waals surface area contributed by atoms with Gasteiger partial charge in [0.05, 0.1) is 10.9 Å². The Morgan fingerprint density at radius 2 is 1.78 bits per heavy atom. The van der Waals surface area contributed by atoms with Crippen LogP contribution < -0.4 is 16.6 Å². The third-order valence-corrected chi connectivity index (χ3v) is 5.07. The molecule has 0 aliphatic carbocycles. The number of benzene rings is 2. The third-order valence-electron chi connectivity index (χ3n) is 5.07. The van der Waals surface area contributed by atoms with E-state index in [0.717, 1.165) is 23.2 Å². The minimum atomic E-state index is -0.640. The van der Waals surface area contributed by atoms with Crippen LogP contribution in [-0.4, -0.2) is 39.9 Å². The first-order chi connectivity index (χ1) is 15.4. The monoisotopic (exact) mass is 429 g/mol. The highest BCUT2D eigenvalue weighted by Gasteiger charge is 2.11. The maximum atomic E-state index is 12.7. The Kier molecular flexibility index (Phi) is 5.96. The highest BCUT2D eigenvalue weighted by atomic mass is 16.2. The second kappa shape index (κ2) is 8.99. The van der Waals surface area contributed by atoms with Crippen LogP contribution in [0.15, 0.2) is 70.4 Å². The first kappa shape index (κ1) is 21.2. The van der Waals surface area contributed by atoms with Gasteiger partial charge in [0, 0.05) is 19.3 Å². The lowest BCUT2D eigenvalue weighted by Gasteiger charge is -2.13. The molecule has 4 rings (SSSR count). The van der Waals surface area contributed by atoms with Crippen molar-refractivity contribution in [1.82, 2.24) is 25.2 Å². The van der Waals surface area contributed by atoms with Gasteiger partial charge in [0.25, 0.3) is 11.5 Å². The van der Waals surface area contributed by atoms with E-state index in [4.69, 9.17) is 0 Å². The summed E-state index contributed by atoms with van der Waals surface area (Å²) < 4.78 is 0. The number of hydrogen-bond acceptors (Lipinski definition) is 5. The molecular weight excluding hydrogens is 406 g/mol. The van der Waals surface area contributed by atoms with Crippen LogP contribution in [0.25, 0.3) is 22.2 Å². The fraction of sp³-hybridized carbons (Fsp3) is 0.167. The molecule has 162 valence electrons. The Morgan fingerprint density at radius 3 is 2.53 bits per heavy atom. The summed E-state index contributed by atoms with van der Waals surface area (Å²) in [7, 11) is 4.07. The SMILES string of the molecule is CN(C)Cc1ccc(-c2ccccc2CNC(=O)c2cnc3[nH]c(=O)[nH]c(=O)c3c2)cc1. The molecule has 0 aliphatic heterocycles. The average molecular weight is 429 g/mol. The summed E-state index contributed by atoms with van der Waals surface area (Å²) in [5.74, 6) is -0.360. The highest BCUT2D eigenvalue weighted by Crippen LogP contribution is 2.24. The van der Waals surface area contributed by atoms with Crippen molar-refractivity contribution in [2.45, 2.75) is 13.1 Å². The summed E-state index contributed by atoms with van der Waals surface area (Å²) in [6.07, 6.45) is 1.34. The fourth-order valence-corrected chi connectivity index (χ4v) is 3.56. The average Bonchev–Trinajstić information content (AvgIpc) is 2.77. The number of amides is 1. The first-order valence-corrected chi connectivity index (χ1v) is 10.1. The summed E-state index contributed by atoms with van der Waals surface area (Å²) in [4.78, 5) is 46.8. The van der Waals surface area contributed by atoms with E-state index in [0.29, 0.717) is 6.54 Å². The quantitative estimate of drug-likeness (QED) is 0.435. The molecule has 0 saturated heterocycles. The largest absolute Gasteiger partial charge is 0.348 e. The molecule has 8 nitrogen and oxygen atoms in total. The molecule has 0 radical (unpaired) electrons. The summed E-state index contributed by atoms with van der Waals surface area (Å²) in [5, 5.41) is 3.04. The Balaban J connectivity index is 1.53. The van der Waals surface area contributed by atoms with Gasteiger partial charge >= 0.3 is 5.69 Å². The highest BCUT2D eigenvalue weighted by molar-refractivity contribution is 5.96. The van der Waals surface area contributed by atoms with Crippen molar-refractivity contribution in [1.29, 1.82) is 0 Å². The van der Waals surface area contributed by atoms with E-state index in [2.05, 4.69) is 49.4 Å². The van der Waals surface area contributed by atoms with E-state index in [1.807, 2.05) is 38.4 Å². The Labute approximate surface area is 184 Å². The standard InChI is InChI=1S/C24H23N5O3/c1-29(2)14-15-7-9-16(10-8-15)19-6-4-3-5-17(19)12-26-22(30)18-11-20-21(25-13-18)27-24(32)28-23(20)31/h3-11,13H,12,14H2,1-2H3,(H,26,30)(H2,25,27,28,31,32). The number of pyridine rings is 1. The van der Waals surface area contributed by atoms with Crippen LogP contribution in [-0.2, 0) is 13.1 Å². The molecule has 0 unspecified atom stereocenters. The number of aromatic amines is 2. The van der Waals surface area contributed by atoms with Crippen molar-refractivity contribution < 1.29 is 4.79 Å². The fourth-order valence-electron chi connectivity index (χ4n) is 3.56. The first-order valence-electron chi connectivity index (χ1n) is 10.1. The van der Waals surface area contributed by atoms with Gasteiger partial charge in [-0.3, -0.25) is 19.6 Å². The number of fused-ring (bicyclic) bond motifs is 1. The summed E-state index contributed by atoms with van der Waals surface area (Å²) in [5.41, 5.74) is 3.45. The van der Waals surface area contributed by atoms with E-state index >= 15 is 0 Å². The van der Waals surface area contributed by atoms with Crippen LogP contribution in [0.3, 0.4) is 0 Å². The Morgan fingerprint density at radius 1 is 1.03 bits per heavy atom. The van der Waals surface area contributed by atoms with E-state index in [9.17, 15) is 14.4 Å². The van der Waals surface area contributed by atoms with Gasteiger partial charge in [-0.2, -0.15) is 0 Å². The summed E-state index contributed by atoms with van der Waals surface area (Å²) >= 11 is 0. The molecule has 2 heterocycles. The number of H-pyrrole nitrogens is 2. The molecule has 0 fully saturated rings. The Hall–Kier alpha value is -4.04. The van der Waals surface area contributed by atoms with Crippen LogP contribution >= 0.6 is 0 Å². The van der Waals surface area contributed by atoms with Crippen LogP contribution in [0.5, 0.6) is 0 Å². The van der Waals surface area contributed by atoms with Crippen molar-refractivity contribution in [3.05, 3.63) is 98.3 Å². The van der Waals surface area contributed by atoms with Gasteiger partial charge in [-0.25, -0.2) is 9.78 Å². The van der Waals surface area contributed by atoms with Gasteiger partial charge in [0.15, 0.2) is 0 Å². The molecule has 1 amide bonds. The van der Waals surface area contributed by atoms with Crippen molar-refractivity contribution in [3.63, 3.8) is 0 Å². The Bertz CT molecular complexity index is 1390. The van der Waals surface area contributed by atoms with E-state index < -0.39 is 11.2 Å². The molecule has 0 saturated carbocycles. The second-order valence-electron chi connectivity index (χ2n) is 7.80. The molecule has 0 aliphatic rings. The van der Waals surface area contributed by atoms with E-state index in [1.165, 1.54) is 17.8 Å². The summed E-state index contributed by atoms with van der Waals surface area (Å²) in [6, 6.07) is 17.7. The smallest absolute Gasteiger partial charge is 0.327 e. The van der Waals surface area contributed by atoms with Gasteiger partial charge in [-0.05, 0) is 42.4 Å². The predicted octanol–water partition coefficient (Wildman–Crippen LogP) is 2.27. The molecule has 2 aromatic carbocycles. The lowest BCUT2D eigenvalue weighted by molar-refractivity contribution is 0.0951.